The minimum atomic E-state index is -0.438. The minimum absolute atomic E-state index is 0.126. The molecule has 0 saturated heterocycles. The molecule has 0 bridgehead atoms. The lowest BCUT2D eigenvalue weighted by Crippen LogP contribution is -2.06. The molecule has 0 aliphatic rings. The van der Waals surface area contributed by atoms with E-state index in [1.165, 1.54) is 6.07 Å². The molecule has 0 unspecified atom stereocenters. The van der Waals surface area contributed by atoms with Gasteiger partial charge in [-0.05, 0) is 18.6 Å². The van der Waals surface area contributed by atoms with Gasteiger partial charge in [-0.25, -0.2) is 9.37 Å². The quantitative estimate of drug-likeness (QED) is 0.847. The Morgan fingerprint density at radius 1 is 1.24 bits per heavy atom. The fourth-order valence-corrected chi connectivity index (χ4v) is 1.70. The van der Waals surface area contributed by atoms with Crippen LogP contribution in [0, 0.1) is 5.82 Å². The summed E-state index contributed by atoms with van der Waals surface area (Å²) in [6, 6.07) is 7.83. The molecule has 0 amide bonds. The largest absolute Gasteiger partial charge is 0.436 e. The number of nitrogens with one attached hydrogen (secondary N) is 1. The smallest absolute Gasteiger partial charge is 0.224 e. The van der Waals surface area contributed by atoms with E-state index in [-0.39, 0.29) is 18.2 Å². The third-order valence-corrected chi connectivity index (χ3v) is 2.63. The van der Waals surface area contributed by atoms with Crippen molar-refractivity contribution in [3.63, 3.8) is 0 Å². The van der Waals surface area contributed by atoms with Crippen molar-refractivity contribution in [2.45, 2.75) is 20.0 Å². The molecule has 0 radical (unpaired) electrons. The van der Waals surface area contributed by atoms with Crippen LogP contribution in [0.25, 0.3) is 0 Å². The Balaban J connectivity index is 2.24. The van der Waals surface area contributed by atoms with Gasteiger partial charge in [0, 0.05) is 19.7 Å². The standard InChI is InChI=1S/C15H18FN3O2/c1-3-8-17-13-9-15(19-14(18-13)10-20-2)21-12-7-5-4-6-11(12)16/h4-7,9H,3,8,10H2,1-2H3,(H,17,18,19). The number of nitrogens with zero attached hydrogens (tertiary/aromatic N) is 2. The molecule has 0 aliphatic heterocycles. The van der Waals surface area contributed by atoms with E-state index in [0.29, 0.717) is 11.6 Å². The Kier molecular flexibility index (Phi) is 5.45. The molecular weight excluding hydrogens is 273 g/mol. The zero-order valence-electron chi connectivity index (χ0n) is 12.1. The predicted molar refractivity (Wildman–Crippen MR) is 78.0 cm³/mol. The van der Waals surface area contributed by atoms with Crippen molar-refractivity contribution in [3.05, 3.63) is 42.0 Å². The highest BCUT2D eigenvalue weighted by molar-refractivity contribution is 5.40. The molecule has 0 aliphatic carbocycles. The first-order valence-electron chi connectivity index (χ1n) is 6.76. The predicted octanol–water partition coefficient (Wildman–Crippen LogP) is 3.38. The van der Waals surface area contributed by atoms with Gasteiger partial charge >= 0.3 is 0 Å². The zero-order valence-corrected chi connectivity index (χ0v) is 12.1. The molecule has 2 aromatic rings. The van der Waals surface area contributed by atoms with Crippen LogP contribution in [0.15, 0.2) is 30.3 Å². The van der Waals surface area contributed by atoms with Crippen LogP contribution in [0.1, 0.15) is 19.2 Å². The van der Waals surface area contributed by atoms with E-state index in [1.54, 1.807) is 31.4 Å². The van der Waals surface area contributed by atoms with Crippen molar-refractivity contribution in [1.29, 1.82) is 0 Å². The maximum absolute atomic E-state index is 13.6. The molecule has 1 N–H and O–H groups in total. The van der Waals surface area contributed by atoms with Crippen LogP contribution in [-0.2, 0) is 11.3 Å². The Morgan fingerprint density at radius 2 is 2.05 bits per heavy atom. The summed E-state index contributed by atoms with van der Waals surface area (Å²) in [7, 11) is 1.56. The van der Waals surface area contributed by atoms with Crippen molar-refractivity contribution in [2.75, 3.05) is 19.0 Å². The zero-order chi connectivity index (χ0) is 15.1. The molecule has 1 aromatic heterocycles. The maximum atomic E-state index is 13.6. The lowest BCUT2D eigenvalue weighted by atomic mass is 10.3. The number of hydrogen-bond acceptors (Lipinski definition) is 5. The topological polar surface area (TPSA) is 56.3 Å². The van der Waals surface area contributed by atoms with Crippen molar-refractivity contribution < 1.29 is 13.9 Å². The van der Waals surface area contributed by atoms with E-state index >= 15 is 0 Å². The summed E-state index contributed by atoms with van der Waals surface area (Å²) in [6.45, 7) is 3.10. The maximum Gasteiger partial charge on any atom is 0.224 e. The first-order valence-corrected chi connectivity index (χ1v) is 6.76. The molecule has 0 saturated carbocycles. The second kappa shape index (κ2) is 7.54. The van der Waals surface area contributed by atoms with Crippen molar-refractivity contribution >= 4 is 5.82 Å². The first-order chi connectivity index (χ1) is 10.2. The molecule has 0 fully saturated rings. The third kappa shape index (κ3) is 4.39. The normalized spacial score (nSPS) is 10.4. The van der Waals surface area contributed by atoms with Gasteiger partial charge in [0.1, 0.15) is 12.4 Å². The van der Waals surface area contributed by atoms with E-state index in [0.717, 1.165) is 13.0 Å². The van der Waals surface area contributed by atoms with Crippen LogP contribution >= 0.6 is 0 Å². The van der Waals surface area contributed by atoms with Crippen molar-refractivity contribution in [1.82, 2.24) is 9.97 Å². The molecule has 112 valence electrons. The molecule has 0 atom stereocenters. The van der Waals surface area contributed by atoms with Gasteiger partial charge in [0.25, 0.3) is 0 Å². The molecule has 21 heavy (non-hydrogen) atoms. The summed E-state index contributed by atoms with van der Waals surface area (Å²) in [6.07, 6.45) is 0.965. The van der Waals surface area contributed by atoms with Gasteiger partial charge in [0.05, 0.1) is 0 Å². The fraction of sp³-hybridized carbons (Fsp3) is 0.333. The van der Waals surface area contributed by atoms with Crippen LogP contribution < -0.4 is 10.1 Å². The SMILES string of the molecule is CCCNc1cc(Oc2ccccc2F)nc(COC)n1. The number of hydrogen-bond donors (Lipinski definition) is 1. The second-order valence-corrected chi connectivity index (χ2v) is 4.40. The van der Waals surface area contributed by atoms with E-state index in [9.17, 15) is 4.39 Å². The summed E-state index contributed by atoms with van der Waals surface area (Å²) in [5.41, 5.74) is 0. The second-order valence-electron chi connectivity index (χ2n) is 4.40. The highest BCUT2D eigenvalue weighted by Crippen LogP contribution is 2.24. The van der Waals surface area contributed by atoms with Crippen LogP contribution in [0.4, 0.5) is 10.2 Å². The molecule has 6 heteroatoms. The van der Waals surface area contributed by atoms with E-state index in [2.05, 4.69) is 22.2 Å². The summed E-state index contributed by atoms with van der Waals surface area (Å²) in [4.78, 5) is 8.51. The minimum Gasteiger partial charge on any atom is -0.436 e. The number of anilines is 1. The monoisotopic (exact) mass is 291 g/mol. The number of rotatable bonds is 7. The highest BCUT2D eigenvalue weighted by atomic mass is 19.1. The number of benzene rings is 1. The number of ether oxygens (including phenoxy) is 2. The fourth-order valence-electron chi connectivity index (χ4n) is 1.70. The van der Waals surface area contributed by atoms with Gasteiger partial charge in [-0.2, -0.15) is 4.98 Å². The molecule has 0 spiro atoms. The van der Waals surface area contributed by atoms with Crippen molar-refractivity contribution in [3.8, 4) is 11.6 Å². The molecule has 1 heterocycles. The van der Waals surface area contributed by atoms with Crippen LogP contribution in [0.5, 0.6) is 11.6 Å². The van der Waals surface area contributed by atoms with Gasteiger partial charge in [0.15, 0.2) is 17.4 Å². The molecule has 2 rings (SSSR count). The van der Waals surface area contributed by atoms with E-state index < -0.39 is 5.82 Å². The molecule has 1 aromatic carbocycles. The lowest BCUT2D eigenvalue weighted by molar-refractivity contribution is 0.177. The van der Waals surface area contributed by atoms with Crippen LogP contribution in [0.2, 0.25) is 0 Å². The number of halogens is 1. The van der Waals surface area contributed by atoms with E-state index in [4.69, 9.17) is 9.47 Å². The summed E-state index contributed by atoms with van der Waals surface area (Å²) >= 11 is 0. The van der Waals surface area contributed by atoms with Crippen LogP contribution in [-0.4, -0.2) is 23.6 Å². The summed E-state index contributed by atoms with van der Waals surface area (Å²) in [5.74, 6) is 1.07. The Labute approximate surface area is 123 Å². The van der Waals surface area contributed by atoms with Gasteiger partial charge in [-0.3, -0.25) is 0 Å². The van der Waals surface area contributed by atoms with Crippen molar-refractivity contribution in [2.24, 2.45) is 0 Å². The highest BCUT2D eigenvalue weighted by Gasteiger charge is 2.09. The van der Waals surface area contributed by atoms with E-state index in [1.807, 2.05) is 0 Å². The number of aromatic nitrogens is 2. The van der Waals surface area contributed by atoms with Gasteiger partial charge in [-0.1, -0.05) is 19.1 Å². The average molecular weight is 291 g/mol. The van der Waals surface area contributed by atoms with Gasteiger partial charge in [-0.15, -0.1) is 0 Å². The Morgan fingerprint density at radius 3 is 2.76 bits per heavy atom. The van der Waals surface area contributed by atoms with Gasteiger partial charge < -0.3 is 14.8 Å². The number of para-hydroxylation sites is 1. The van der Waals surface area contributed by atoms with Crippen LogP contribution in [0.3, 0.4) is 0 Å². The molecular formula is C15H18FN3O2. The number of methoxy groups -OCH3 is 1. The lowest BCUT2D eigenvalue weighted by Gasteiger charge is -2.10. The average Bonchev–Trinajstić information content (AvgIpc) is 2.48. The molecule has 5 nitrogen and oxygen atoms in total. The third-order valence-electron chi connectivity index (χ3n) is 2.63. The summed E-state index contributed by atoms with van der Waals surface area (Å²) in [5, 5.41) is 3.15. The Hall–Kier alpha value is -2.21. The first kappa shape index (κ1) is 15.2. The van der Waals surface area contributed by atoms with Gasteiger partial charge in [0.2, 0.25) is 5.88 Å². The Bertz CT molecular complexity index is 593. The summed E-state index contributed by atoms with van der Waals surface area (Å²) < 4.78 is 24.1.